The Bertz CT molecular complexity index is 468. The van der Waals surface area contributed by atoms with Gasteiger partial charge in [-0.25, -0.2) is 9.59 Å². The average Bonchev–Trinajstić information content (AvgIpc) is 2.52. The first-order chi connectivity index (χ1) is 10.2. The third kappa shape index (κ3) is 6.61. The number of unbranched alkanes of at least 4 members (excludes halogenated alkanes) is 1. The second-order valence-electron chi connectivity index (χ2n) is 4.37. The zero-order chi connectivity index (χ0) is 15.5. The predicted molar refractivity (Wildman–Crippen MR) is 81.3 cm³/mol. The molecular weight excluding hydrogens is 270 g/mol. The van der Waals surface area contributed by atoms with Gasteiger partial charge in [0.2, 0.25) is 0 Å². The molecule has 1 rings (SSSR count). The van der Waals surface area contributed by atoms with Crippen molar-refractivity contribution in [2.75, 3.05) is 25.1 Å². The molecule has 114 valence electrons. The molecule has 5 nitrogen and oxygen atoms in total. The van der Waals surface area contributed by atoms with Gasteiger partial charge in [-0.15, -0.1) is 0 Å². The van der Waals surface area contributed by atoms with Gasteiger partial charge < -0.3 is 14.8 Å². The van der Waals surface area contributed by atoms with Gasteiger partial charge >= 0.3 is 11.9 Å². The molecule has 0 atom stereocenters. The van der Waals surface area contributed by atoms with E-state index < -0.39 is 11.9 Å². The molecule has 21 heavy (non-hydrogen) atoms. The molecule has 0 bridgehead atoms. The summed E-state index contributed by atoms with van der Waals surface area (Å²) in [5.74, 6) is -0.974. The molecule has 0 aromatic heterocycles. The maximum Gasteiger partial charge on any atom is 0.338 e. The first-order valence-electron chi connectivity index (χ1n) is 6.97. The minimum absolute atomic E-state index is 0.0211. The van der Waals surface area contributed by atoms with Crippen LogP contribution in [-0.4, -0.2) is 31.7 Å². The van der Waals surface area contributed by atoms with Crippen LogP contribution in [-0.2, 0) is 14.3 Å². The van der Waals surface area contributed by atoms with E-state index >= 15 is 0 Å². The van der Waals surface area contributed by atoms with Gasteiger partial charge in [-0.3, -0.25) is 0 Å². The molecule has 1 aromatic rings. The Morgan fingerprint density at radius 2 is 1.86 bits per heavy atom. The fourth-order valence-corrected chi connectivity index (χ4v) is 1.55. The molecule has 0 heterocycles. The summed E-state index contributed by atoms with van der Waals surface area (Å²) in [6, 6.07) is 7.08. The Labute approximate surface area is 124 Å². The van der Waals surface area contributed by atoms with Crippen LogP contribution in [0.2, 0.25) is 0 Å². The van der Waals surface area contributed by atoms with Crippen LogP contribution >= 0.6 is 0 Å². The van der Waals surface area contributed by atoms with Crippen molar-refractivity contribution in [1.82, 2.24) is 0 Å². The van der Waals surface area contributed by atoms with Crippen molar-refractivity contribution in [3.05, 3.63) is 42.5 Å². The lowest BCUT2D eigenvalue weighted by Crippen LogP contribution is -2.13. The number of carbonyl (C=O) groups is 2. The number of esters is 2. The highest BCUT2D eigenvalue weighted by Crippen LogP contribution is 2.10. The molecular formula is C16H21NO4. The summed E-state index contributed by atoms with van der Waals surface area (Å²) < 4.78 is 9.70. The summed E-state index contributed by atoms with van der Waals surface area (Å²) in [6.07, 6.45) is 3.30. The second-order valence-corrected chi connectivity index (χ2v) is 4.37. The maximum absolute atomic E-state index is 11.7. The van der Waals surface area contributed by atoms with Crippen molar-refractivity contribution < 1.29 is 19.1 Å². The highest BCUT2D eigenvalue weighted by atomic mass is 16.6. The van der Waals surface area contributed by atoms with E-state index in [2.05, 4.69) is 18.8 Å². The monoisotopic (exact) mass is 291 g/mol. The number of carbonyl (C=O) groups excluding carboxylic acids is 2. The van der Waals surface area contributed by atoms with Crippen LogP contribution in [0.25, 0.3) is 0 Å². The summed E-state index contributed by atoms with van der Waals surface area (Å²) in [6.45, 7) is 6.36. The highest BCUT2D eigenvalue weighted by Gasteiger charge is 2.07. The van der Waals surface area contributed by atoms with Crippen LogP contribution in [0.4, 0.5) is 5.69 Å². The number of anilines is 1. The van der Waals surface area contributed by atoms with Crippen molar-refractivity contribution in [2.45, 2.75) is 19.8 Å². The highest BCUT2D eigenvalue weighted by molar-refractivity contribution is 5.89. The van der Waals surface area contributed by atoms with Crippen LogP contribution in [0.1, 0.15) is 30.1 Å². The van der Waals surface area contributed by atoms with Crippen molar-refractivity contribution in [3.8, 4) is 0 Å². The van der Waals surface area contributed by atoms with E-state index in [-0.39, 0.29) is 13.2 Å². The van der Waals surface area contributed by atoms with Crippen LogP contribution in [0.15, 0.2) is 36.9 Å². The number of ether oxygens (including phenoxy) is 2. The van der Waals surface area contributed by atoms with E-state index in [1.165, 1.54) is 0 Å². The third-order valence-electron chi connectivity index (χ3n) is 2.71. The van der Waals surface area contributed by atoms with Crippen molar-refractivity contribution in [1.29, 1.82) is 0 Å². The fraction of sp³-hybridized carbons (Fsp3) is 0.375. The second kappa shape index (κ2) is 9.58. The molecule has 0 saturated heterocycles. The van der Waals surface area contributed by atoms with Gasteiger partial charge in [0, 0.05) is 18.3 Å². The van der Waals surface area contributed by atoms with Crippen molar-refractivity contribution >= 4 is 17.6 Å². The zero-order valence-electron chi connectivity index (χ0n) is 12.3. The molecule has 0 aliphatic heterocycles. The summed E-state index contributed by atoms with van der Waals surface area (Å²) >= 11 is 0. The van der Waals surface area contributed by atoms with Gasteiger partial charge in [-0.05, 0) is 30.7 Å². The Balaban J connectivity index is 2.33. The van der Waals surface area contributed by atoms with Crippen LogP contribution in [0.5, 0.6) is 0 Å². The minimum atomic E-state index is -0.534. The predicted octanol–water partition coefficient (Wildman–Crippen LogP) is 2.78. The van der Waals surface area contributed by atoms with Gasteiger partial charge in [0.1, 0.15) is 13.2 Å². The molecule has 0 saturated carbocycles. The topological polar surface area (TPSA) is 64.6 Å². The normalized spacial score (nSPS) is 9.76. The van der Waals surface area contributed by atoms with Gasteiger partial charge in [0.15, 0.2) is 0 Å². The molecule has 1 N–H and O–H groups in total. The number of nitrogens with one attached hydrogen (secondary N) is 1. The van der Waals surface area contributed by atoms with Gasteiger partial charge in [-0.2, -0.15) is 0 Å². The SMILES string of the molecule is C=CC(=O)OCCOC(=O)c1ccc(NCCCC)cc1. The molecule has 5 heteroatoms. The van der Waals surface area contributed by atoms with E-state index in [0.717, 1.165) is 31.1 Å². The molecule has 1 aromatic carbocycles. The first-order valence-corrected chi connectivity index (χ1v) is 6.97. The Kier molecular flexibility index (Phi) is 7.64. The number of rotatable bonds is 9. The molecule has 0 radical (unpaired) electrons. The fourth-order valence-electron chi connectivity index (χ4n) is 1.55. The minimum Gasteiger partial charge on any atom is -0.459 e. The van der Waals surface area contributed by atoms with E-state index in [4.69, 9.17) is 9.47 Å². The smallest absolute Gasteiger partial charge is 0.338 e. The molecule has 0 aliphatic rings. The van der Waals surface area contributed by atoms with Gasteiger partial charge in [-0.1, -0.05) is 19.9 Å². The number of hydrogen-bond donors (Lipinski definition) is 1. The maximum atomic E-state index is 11.7. The average molecular weight is 291 g/mol. The van der Waals surface area contributed by atoms with E-state index in [1.54, 1.807) is 12.1 Å². The van der Waals surface area contributed by atoms with E-state index in [0.29, 0.717) is 5.56 Å². The number of benzene rings is 1. The number of hydrogen-bond acceptors (Lipinski definition) is 5. The lowest BCUT2D eigenvalue weighted by Gasteiger charge is -2.07. The molecule has 0 unspecified atom stereocenters. The van der Waals surface area contributed by atoms with Crippen LogP contribution in [0, 0.1) is 0 Å². The Morgan fingerprint density at radius 3 is 2.48 bits per heavy atom. The quantitative estimate of drug-likeness (QED) is 0.430. The first kappa shape index (κ1) is 16.8. The summed E-state index contributed by atoms with van der Waals surface area (Å²) in [4.78, 5) is 22.5. The molecule has 0 fully saturated rings. The van der Waals surface area contributed by atoms with E-state index in [9.17, 15) is 9.59 Å². The summed E-state index contributed by atoms with van der Waals surface area (Å²) in [7, 11) is 0. The van der Waals surface area contributed by atoms with Crippen LogP contribution in [0.3, 0.4) is 0 Å². The van der Waals surface area contributed by atoms with Crippen LogP contribution < -0.4 is 5.32 Å². The van der Waals surface area contributed by atoms with E-state index in [1.807, 2.05) is 12.1 Å². The zero-order valence-corrected chi connectivity index (χ0v) is 12.3. The molecule has 0 amide bonds. The van der Waals surface area contributed by atoms with Gasteiger partial charge in [0.05, 0.1) is 5.56 Å². The lowest BCUT2D eigenvalue weighted by atomic mass is 10.2. The largest absolute Gasteiger partial charge is 0.459 e. The summed E-state index contributed by atoms with van der Waals surface area (Å²) in [5.41, 5.74) is 1.44. The Morgan fingerprint density at radius 1 is 1.19 bits per heavy atom. The standard InChI is InChI=1S/C16H21NO4/c1-3-5-10-17-14-8-6-13(7-9-14)16(19)21-12-11-20-15(18)4-2/h4,6-9,17H,2-3,5,10-12H2,1H3. The molecule has 0 spiro atoms. The lowest BCUT2D eigenvalue weighted by molar-refractivity contribution is -0.138. The van der Waals surface area contributed by atoms with Crippen molar-refractivity contribution in [2.24, 2.45) is 0 Å². The summed E-state index contributed by atoms with van der Waals surface area (Å²) in [5, 5.41) is 3.26. The van der Waals surface area contributed by atoms with Crippen molar-refractivity contribution in [3.63, 3.8) is 0 Å². The third-order valence-corrected chi connectivity index (χ3v) is 2.71. The Hall–Kier alpha value is -2.30. The molecule has 0 aliphatic carbocycles. The van der Waals surface area contributed by atoms with Gasteiger partial charge in [0.25, 0.3) is 0 Å².